The maximum Gasteiger partial charge on any atom is 0.0691 e. The molecule has 1 N–H and O–H groups in total. The second kappa shape index (κ2) is 3.48. The topological polar surface area (TPSA) is 21.3 Å². The van der Waals surface area contributed by atoms with Crippen LogP contribution in [0.5, 0.6) is 0 Å². The number of fused-ring (bicyclic) bond motifs is 2. The van der Waals surface area contributed by atoms with Crippen molar-refractivity contribution in [2.75, 3.05) is 19.8 Å². The highest BCUT2D eigenvalue weighted by atomic mass is 35.5. The summed E-state index contributed by atoms with van der Waals surface area (Å²) in [6.07, 6.45) is 2.26. The molecule has 80 valence electrons. The number of benzene rings is 1. The van der Waals surface area contributed by atoms with Crippen LogP contribution in [0.25, 0.3) is 0 Å². The molecule has 1 aliphatic carbocycles. The molecule has 0 aromatic heterocycles. The van der Waals surface area contributed by atoms with E-state index in [-0.39, 0.29) is 5.54 Å². The number of ether oxygens (including phenoxy) is 1. The van der Waals surface area contributed by atoms with Gasteiger partial charge in [-0.1, -0.05) is 17.7 Å². The molecule has 3 heteroatoms. The first-order valence-electron chi connectivity index (χ1n) is 5.42. The predicted octanol–water partition coefficient (Wildman–Crippen LogP) is 2.10. The van der Waals surface area contributed by atoms with E-state index >= 15 is 0 Å². The van der Waals surface area contributed by atoms with E-state index in [0.29, 0.717) is 0 Å². The Kier molecular flexibility index (Phi) is 2.23. The Hall–Kier alpha value is -0.570. The molecule has 3 rings (SSSR count). The van der Waals surface area contributed by atoms with Crippen molar-refractivity contribution in [2.45, 2.75) is 18.4 Å². The Bertz CT molecular complexity index is 380. The van der Waals surface area contributed by atoms with Crippen molar-refractivity contribution in [3.63, 3.8) is 0 Å². The molecule has 1 aliphatic heterocycles. The van der Waals surface area contributed by atoms with E-state index in [1.165, 1.54) is 11.1 Å². The van der Waals surface area contributed by atoms with Crippen LogP contribution < -0.4 is 5.32 Å². The highest BCUT2D eigenvalue weighted by Crippen LogP contribution is 2.39. The fourth-order valence-corrected chi connectivity index (χ4v) is 2.86. The summed E-state index contributed by atoms with van der Waals surface area (Å²) in [6, 6.07) is 6.21. The van der Waals surface area contributed by atoms with Crippen LogP contribution in [0.2, 0.25) is 5.02 Å². The number of hydrogen-bond acceptors (Lipinski definition) is 2. The SMILES string of the molecule is Clc1ccc2c(c1)[C@@]1(CC2)COCCN1. The first kappa shape index (κ1) is 9.64. The summed E-state index contributed by atoms with van der Waals surface area (Å²) in [6.45, 7) is 2.53. The summed E-state index contributed by atoms with van der Waals surface area (Å²) in [4.78, 5) is 0. The number of nitrogens with one attached hydrogen (secondary N) is 1. The first-order valence-corrected chi connectivity index (χ1v) is 5.80. The molecule has 0 saturated carbocycles. The van der Waals surface area contributed by atoms with Crippen molar-refractivity contribution in [2.24, 2.45) is 0 Å². The van der Waals surface area contributed by atoms with Crippen LogP contribution in [0.15, 0.2) is 18.2 Å². The van der Waals surface area contributed by atoms with Crippen LogP contribution in [-0.4, -0.2) is 19.8 Å². The van der Waals surface area contributed by atoms with Crippen LogP contribution in [0, 0.1) is 0 Å². The minimum atomic E-state index is 0.0402. The molecule has 1 aromatic carbocycles. The van der Waals surface area contributed by atoms with Crippen LogP contribution in [0.4, 0.5) is 0 Å². The lowest BCUT2D eigenvalue weighted by atomic mass is 9.92. The van der Waals surface area contributed by atoms with Crippen LogP contribution in [-0.2, 0) is 16.7 Å². The molecule has 15 heavy (non-hydrogen) atoms. The molecule has 1 atom stereocenters. The van der Waals surface area contributed by atoms with Gasteiger partial charge in [-0.05, 0) is 36.1 Å². The van der Waals surface area contributed by atoms with E-state index < -0.39 is 0 Å². The second-order valence-electron chi connectivity index (χ2n) is 4.36. The fraction of sp³-hybridized carbons (Fsp3) is 0.500. The average Bonchev–Trinajstić information content (AvgIpc) is 2.59. The Morgan fingerprint density at radius 3 is 3.13 bits per heavy atom. The quantitative estimate of drug-likeness (QED) is 0.728. The molecular formula is C12H14ClNO. The minimum absolute atomic E-state index is 0.0402. The Labute approximate surface area is 94.6 Å². The Balaban J connectivity index is 2.05. The molecule has 0 amide bonds. The third-order valence-electron chi connectivity index (χ3n) is 3.47. The van der Waals surface area contributed by atoms with E-state index in [4.69, 9.17) is 16.3 Å². The zero-order chi connectivity index (χ0) is 10.3. The molecule has 2 nitrogen and oxygen atoms in total. The number of halogens is 1. The maximum absolute atomic E-state index is 6.06. The summed E-state index contributed by atoms with van der Waals surface area (Å²) < 4.78 is 5.60. The predicted molar refractivity (Wildman–Crippen MR) is 60.3 cm³/mol. The van der Waals surface area contributed by atoms with Crippen molar-refractivity contribution in [1.29, 1.82) is 0 Å². The third kappa shape index (κ3) is 1.48. The summed E-state index contributed by atoms with van der Waals surface area (Å²) in [5.41, 5.74) is 2.80. The molecule has 0 radical (unpaired) electrons. The standard InChI is InChI=1S/C12H14ClNO/c13-10-2-1-9-3-4-12(11(9)7-10)8-15-6-5-14-12/h1-2,7,14H,3-6,8H2/t12-/m1/s1. The van der Waals surface area contributed by atoms with Gasteiger partial charge in [-0.3, -0.25) is 0 Å². The molecule has 1 saturated heterocycles. The molecule has 0 bridgehead atoms. The van der Waals surface area contributed by atoms with E-state index in [1.807, 2.05) is 6.07 Å². The maximum atomic E-state index is 6.06. The number of aryl methyl sites for hydroxylation is 1. The Morgan fingerprint density at radius 1 is 1.40 bits per heavy atom. The lowest BCUT2D eigenvalue weighted by Crippen LogP contribution is -2.50. The van der Waals surface area contributed by atoms with E-state index in [2.05, 4.69) is 17.4 Å². The van der Waals surface area contributed by atoms with Crippen molar-refractivity contribution in [1.82, 2.24) is 5.32 Å². The summed E-state index contributed by atoms with van der Waals surface area (Å²) in [5, 5.41) is 4.42. The van der Waals surface area contributed by atoms with Gasteiger partial charge >= 0.3 is 0 Å². The van der Waals surface area contributed by atoms with Crippen molar-refractivity contribution in [3.05, 3.63) is 34.3 Å². The van der Waals surface area contributed by atoms with Gasteiger partial charge in [-0.15, -0.1) is 0 Å². The molecule has 2 aliphatic rings. The van der Waals surface area contributed by atoms with Gasteiger partial charge < -0.3 is 10.1 Å². The summed E-state index contributed by atoms with van der Waals surface area (Å²) in [5.74, 6) is 0. The Morgan fingerprint density at radius 2 is 2.33 bits per heavy atom. The molecule has 1 spiro atoms. The number of rotatable bonds is 0. The summed E-state index contributed by atoms with van der Waals surface area (Å²) in [7, 11) is 0. The zero-order valence-corrected chi connectivity index (χ0v) is 9.31. The molecular weight excluding hydrogens is 210 g/mol. The van der Waals surface area contributed by atoms with E-state index in [1.54, 1.807) is 0 Å². The van der Waals surface area contributed by atoms with Gasteiger partial charge in [-0.25, -0.2) is 0 Å². The van der Waals surface area contributed by atoms with Crippen molar-refractivity contribution < 1.29 is 4.74 Å². The molecule has 0 unspecified atom stereocenters. The van der Waals surface area contributed by atoms with Crippen molar-refractivity contribution >= 4 is 11.6 Å². The van der Waals surface area contributed by atoms with E-state index in [9.17, 15) is 0 Å². The largest absolute Gasteiger partial charge is 0.378 e. The lowest BCUT2D eigenvalue weighted by molar-refractivity contribution is 0.0260. The van der Waals surface area contributed by atoms with Gasteiger partial charge in [0.05, 0.1) is 18.8 Å². The van der Waals surface area contributed by atoms with Gasteiger partial charge in [0.25, 0.3) is 0 Å². The van der Waals surface area contributed by atoms with E-state index in [0.717, 1.165) is 37.6 Å². The molecule has 1 aromatic rings. The smallest absolute Gasteiger partial charge is 0.0691 e. The third-order valence-corrected chi connectivity index (χ3v) is 3.70. The monoisotopic (exact) mass is 223 g/mol. The van der Waals surface area contributed by atoms with Gasteiger partial charge in [-0.2, -0.15) is 0 Å². The minimum Gasteiger partial charge on any atom is -0.378 e. The highest BCUT2D eigenvalue weighted by Gasteiger charge is 2.40. The van der Waals surface area contributed by atoms with Crippen LogP contribution in [0.3, 0.4) is 0 Å². The van der Waals surface area contributed by atoms with Gasteiger partial charge in [0, 0.05) is 11.6 Å². The average molecular weight is 224 g/mol. The normalized spacial score (nSPS) is 29.4. The van der Waals surface area contributed by atoms with Crippen LogP contribution in [0.1, 0.15) is 17.5 Å². The van der Waals surface area contributed by atoms with Gasteiger partial charge in [0.2, 0.25) is 0 Å². The molecule has 1 fully saturated rings. The van der Waals surface area contributed by atoms with Gasteiger partial charge in [0.15, 0.2) is 0 Å². The highest BCUT2D eigenvalue weighted by molar-refractivity contribution is 6.30. The van der Waals surface area contributed by atoms with Crippen LogP contribution >= 0.6 is 11.6 Å². The fourth-order valence-electron chi connectivity index (χ4n) is 2.69. The molecule has 1 heterocycles. The van der Waals surface area contributed by atoms with Crippen molar-refractivity contribution in [3.8, 4) is 0 Å². The first-order chi connectivity index (χ1) is 7.30. The van der Waals surface area contributed by atoms with Gasteiger partial charge in [0.1, 0.15) is 0 Å². The summed E-state index contributed by atoms with van der Waals surface area (Å²) >= 11 is 6.06. The second-order valence-corrected chi connectivity index (χ2v) is 4.80. The zero-order valence-electron chi connectivity index (χ0n) is 8.55. The number of hydrogen-bond donors (Lipinski definition) is 1. The number of morpholine rings is 1. The lowest BCUT2D eigenvalue weighted by Gasteiger charge is -2.35.